The fraction of sp³-hybridized carbons (Fsp3) is 0.435. The van der Waals surface area contributed by atoms with Gasteiger partial charge in [0, 0.05) is 5.56 Å². The van der Waals surface area contributed by atoms with E-state index in [4.69, 9.17) is 4.74 Å². The Morgan fingerprint density at radius 1 is 1.00 bits per heavy atom. The molecule has 1 aliphatic heterocycles. The van der Waals surface area contributed by atoms with Gasteiger partial charge < -0.3 is 4.74 Å². The standard InChI is InChI=1S/C23H25N3O6/c1-12(2)19(26-21(29)17-14-8-9-15(10-14)18(17)22(26)30)23(31)32-11-16(27)24-25-20(28)13-6-4-3-5-7-13/h3-9,12,14-15,17-19H,10-11H2,1-2H3,(H,24,27)(H,25,28)/t14-,15-,17-,18+,19-/m0/s1. The van der Waals surface area contributed by atoms with Crippen LogP contribution in [0.3, 0.4) is 0 Å². The first-order valence-corrected chi connectivity index (χ1v) is 10.7. The lowest BCUT2D eigenvalue weighted by Crippen LogP contribution is -2.50. The second-order valence-corrected chi connectivity index (χ2v) is 8.71. The first-order valence-electron chi connectivity index (χ1n) is 10.7. The number of benzene rings is 1. The monoisotopic (exact) mass is 439 g/mol. The Balaban J connectivity index is 1.34. The van der Waals surface area contributed by atoms with Crippen molar-refractivity contribution < 1.29 is 28.7 Å². The van der Waals surface area contributed by atoms with E-state index >= 15 is 0 Å². The SMILES string of the molecule is CC(C)[C@@H](C(=O)OCC(=O)NNC(=O)c1ccccc1)N1C(=O)[C@@H]2[C@H](C1=O)[C@H]1C=C[C@H]2C1. The van der Waals surface area contributed by atoms with Crippen LogP contribution in [-0.2, 0) is 23.9 Å². The van der Waals surface area contributed by atoms with Gasteiger partial charge in [-0.25, -0.2) is 4.79 Å². The number of ether oxygens (including phenoxy) is 1. The van der Waals surface area contributed by atoms with Crippen LogP contribution >= 0.6 is 0 Å². The lowest BCUT2D eigenvalue weighted by Gasteiger charge is -2.28. The molecule has 0 unspecified atom stereocenters. The maximum Gasteiger partial charge on any atom is 0.330 e. The molecule has 2 bridgehead atoms. The smallest absolute Gasteiger partial charge is 0.330 e. The van der Waals surface area contributed by atoms with Crippen molar-refractivity contribution in [1.29, 1.82) is 0 Å². The Morgan fingerprint density at radius 3 is 2.16 bits per heavy atom. The summed E-state index contributed by atoms with van der Waals surface area (Å²) in [7, 11) is 0. The average molecular weight is 439 g/mol. The van der Waals surface area contributed by atoms with Gasteiger partial charge in [-0.3, -0.25) is 34.9 Å². The van der Waals surface area contributed by atoms with Crippen LogP contribution < -0.4 is 10.9 Å². The number of esters is 1. The van der Waals surface area contributed by atoms with E-state index < -0.39 is 42.3 Å². The summed E-state index contributed by atoms with van der Waals surface area (Å²) < 4.78 is 5.10. The van der Waals surface area contributed by atoms with E-state index in [1.54, 1.807) is 44.2 Å². The van der Waals surface area contributed by atoms with E-state index in [9.17, 15) is 24.0 Å². The second kappa shape index (κ2) is 8.57. The molecule has 2 N–H and O–H groups in total. The van der Waals surface area contributed by atoms with Crippen LogP contribution in [0.4, 0.5) is 0 Å². The van der Waals surface area contributed by atoms with Gasteiger partial charge in [-0.2, -0.15) is 0 Å². The zero-order valence-corrected chi connectivity index (χ0v) is 17.8. The van der Waals surface area contributed by atoms with Crippen molar-refractivity contribution in [2.45, 2.75) is 26.3 Å². The summed E-state index contributed by atoms with van der Waals surface area (Å²) in [4.78, 5) is 63.9. The Labute approximate surface area is 185 Å². The highest BCUT2D eigenvalue weighted by Gasteiger charge is 2.61. The number of rotatable bonds is 6. The molecule has 1 heterocycles. The number of allylic oxidation sites excluding steroid dienone is 2. The van der Waals surface area contributed by atoms with Crippen LogP contribution in [0.5, 0.6) is 0 Å². The molecule has 2 aliphatic carbocycles. The normalized spacial score (nSPS) is 26.3. The van der Waals surface area contributed by atoms with Crippen molar-refractivity contribution in [1.82, 2.24) is 15.8 Å². The summed E-state index contributed by atoms with van der Waals surface area (Å²) in [5, 5.41) is 0. The molecule has 1 saturated carbocycles. The number of nitrogens with one attached hydrogen (secondary N) is 2. The number of carbonyl (C=O) groups is 5. The summed E-state index contributed by atoms with van der Waals surface area (Å²) in [6.45, 7) is 2.77. The van der Waals surface area contributed by atoms with Crippen molar-refractivity contribution in [2.75, 3.05) is 6.61 Å². The third-order valence-corrected chi connectivity index (χ3v) is 6.35. The maximum absolute atomic E-state index is 13.0. The lowest BCUT2D eigenvalue weighted by atomic mass is 9.85. The molecule has 1 saturated heterocycles. The number of amides is 4. The minimum atomic E-state index is -1.10. The molecule has 4 rings (SSSR count). The average Bonchev–Trinajstić information content (AvgIpc) is 3.46. The predicted octanol–water partition coefficient (Wildman–Crippen LogP) is 0.822. The van der Waals surface area contributed by atoms with E-state index in [0.717, 1.165) is 11.3 Å². The highest BCUT2D eigenvalue weighted by Crippen LogP contribution is 2.53. The fourth-order valence-electron chi connectivity index (χ4n) is 4.92. The highest BCUT2D eigenvalue weighted by molar-refractivity contribution is 6.09. The van der Waals surface area contributed by atoms with Crippen LogP contribution in [0.25, 0.3) is 0 Å². The molecule has 1 aromatic carbocycles. The van der Waals surface area contributed by atoms with Gasteiger partial charge in [0.2, 0.25) is 11.8 Å². The number of hydrazine groups is 1. The molecular weight excluding hydrogens is 414 g/mol. The van der Waals surface area contributed by atoms with Crippen LogP contribution in [0.2, 0.25) is 0 Å². The summed E-state index contributed by atoms with van der Waals surface area (Å²) in [6, 6.07) is 7.17. The van der Waals surface area contributed by atoms with Gasteiger partial charge >= 0.3 is 5.97 Å². The van der Waals surface area contributed by atoms with Crippen molar-refractivity contribution in [2.24, 2.45) is 29.6 Å². The van der Waals surface area contributed by atoms with E-state index in [1.165, 1.54) is 0 Å². The molecule has 1 aromatic rings. The summed E-state index contributed by atoms with van der Waals surface area (Å²) in [5.74, 6) is -3.92. The number of hydrogen-bond acceptors (Lipinski definition) is 6. The first-order chi connectivity index (χ1) is 15.3. The molecule has 0 aromatic heterocycles. The minimum Gasteiger partial charge on any atom is -0.454 e. The first kappa shape index (κ1) is 21.7. The molecule has 168 valence electrons. The molecular formula is C23H25N3O6. The Bertz CT molecular complexity index is 959. The van der Waals surface area contributed by atoms with E-state index in [1.807, 2.05) is 12.2 Å². The molecule has 9 heteroatoms. The van der Waals surface area contributed by atoms with Gasteiger partial charge in [0.15, 0.2) is 6.61 Å². The molecule has 0 radical (unpaired) electrons. The fourth-order valence-corrected chi connectivity index (χ4v) is 4.92. The molecule has 3 aliphatic rings. The summed E-state index contributed by atoms with van der Waals surface area (Å²) in [6.07, 6.45) is 4.76. The third kappa shape index (κ3) is 3.79. The molecule has 9 nitrogen and oxygen atoms in total. The molecule has 2 fully saturated rings. The lowest BCUT2D eigenvalue weighted by molar-refractivity contribution is -0.162. The molecule has 5 atom stereocenters. The molecule has 0 spiro atoms. The van der Waals surface area contributed by atoms with Gasteiger partial charge in [0.05, 0.1) is 11.8 Å². The zero-order valence-electron chi connectivity index (χ0n) is 17.8. The second-order valence-electron chi connectivity index (χ2n) is 8.71. The van der Waals surface area contributed by atoms with Crippen molar-refractivity contribution >= 4 is 29.6 Å². The topological polar surface area (TPSA) is 122 Å². The number of hydrogen-bond donors (Lipinski definition) is 2. The Kier molecular flexibility index (Phi) is 5.82. The highest BCUT2D eigenvalue weighted by atomic mass is 16.5. The van der Waals surface area contributed by atoms with Crippen LogP contribution in [-0.4, -0.2) is 47.1 Å². The molecule has 4 amide bonds. The predicted molar refractivity (Wildman–Crippen MR) is 111 cm³/mol. The van der Waals surface area contributed by atoms with Gasteiger partial charge in [0.25, 0.3) is 11.8 Å². The van der Waals surface area contributed by atoms with Crippen LogP contribution in [0.1, 0.15) is 30.6 Å². The summed E-state index contributed by atoms with van der Waals surface area (Å²) >= 11 is 0. The third-order valence-electron chi connectivity index (χ3n) is 6.35. The van der Waals surface area contributed by atoms with Crippen molar-refractivity contribution in [3.05, 3.63) is 48.0 Å². The van der Waals surface area contributed by atoms with Crippen molar-refractivity contribution in [3.8, 4) is 0 Å². The van der Waals surface area contributed by atoms with Crippen LogP contribution in [0.15, 0.2) is 42.5 Å². The minimum absolute atomic E-state index is 0.0364. The number of fused-ring (bicyclic) bond motifs is 5. The summed E-state index contributed by atoms with van der Waals surface area (Å²) in [5.41, 5.74) is 4.76. The van der Waals surface area contributed by atoms with Gasteiger partial charge in [-0.1, -0.05) is 44.2 Å². The van der Waals surface area contributed by atoms with Gasteiger partial charge in [-0.15, -0.1) is 0 Å². The van der Waals surface area contributed by atoms with Crippen molar-refractivity contribution in [3.63, 3.8) is 0 Å². The van der Waals surface area contributed by atoms with E-state index in [0.29, 0.717) is 5.56 Å². The Morgan fingerprint density at radius 2 is 1.59 bits per heavy atom. The van der Waals surface area contributed by atoms with E-state index in [2.05, 4.69) is 10.9 Å². The largest absolute Gasteiger partial charge is 0.454 e. The quantitative estimate of drug-likeness (QED) is 0.293. The Hall–Kier alpha value is -3.49. The number of imide groups is 1. The van der Waals surface area contributed by atoms with E-state index in [-0.39, 0.29) is 29.6 Å². The van der Waals surface area contributed by atoms with Gasteiger partial charge in [-0.05, 0) is 36.3 Å². The van der Waals surface area contributed by atoms with Crippen LogP contribution in [0, 0.1) is 29.6 Å². The zero-order chi connectivity index (χ0) is 23.0. The maximum atomic E-state index is 13.0. The number of nitrogens with zero attached hydrogens (tertiary/aromatic N) is 1. The molecule has 32 heavy (non-hydrogen) atoms. The number of likely N-dealkylation sites (tertiary alicyclic amines) is 1. The number of carbonyl (C=O) groups excluding carboxylic acids is 5. The van der Waals surface area contributed by atoms with Gasteiger partial charge in [0.1, 0.15) is 6.04 Å².